The zero-order valence-electron chi connectivity index (χ0n) is 10.9. The van der Waals surface area contributed by atoms with Gasteiger partial charge in [0.1, 0.15) is 11.5 Å². The molecular weight excluding hydrogens is 226 g/mol. The molecule has 0 aromatic carbocycles. The average molecular weight is 247 g/mol. The summed E-state index contributed by atoms with van der Waals surface area (Å²) in [6.45, 7) is 5.42. The Morgan fingerprint density at radius 1 is 1.39 bits per heavy atom. The second-order valence-corrected chi connectivity index (χ2v) is 4.90. The minimum atomic E-state index is 0.0347. The minimum Gasteiger partial charge on any atom is -0.382 e. The second-order valence-electron chi connectivity index (χ2n) is 4.90. The van der Waals surface area contributed by atoms with Crippen LogP contribution in [0.4, 0.5) is 0 Å². The number of nitrogens with one attached hydrogen (secondary N) is 1. The predicted molar refractivity (Wildman–Crippen MR) is 72.6 cm³/mol. The topological polar surface area (TPSA) is 69.2 Å². The van der Waals surface area contributed by atoms with Crippen LogP contribution in [-0.2, 0) is 6.54 Å². The maximum Gasteiger partial charge on any atom is 0.141 e. The van der Waals surface area contributed by atoms with Gasteiger partial charge in [0, 0.05) is 25.8 Å². The summed E-state index contributed by atoms with van der Waals surface area (Å²) in [4.78, 5) is 8.90. The van der Waals surface area contributed by atoms with E-state index in [1.165, 1.54) is 18.5 Å². The molecule has 5 nitrogen and oxygen atoms in total. The van der Waals surface area contributed by atoms with Gasteiger partial charge in [0.15, 0.2) is 0 Å². The van der Waals surface area contributed by atoms with E-state index in [1.54, 1.807) is 6.20 Å². The molecule has 1 aromatic heterocycles. The fourth-order valence-corrected chi connectivity index (χ4v) is 2.24. The van der Waals surface area contributed by atoms with E-state index in [9.17, 15) is 0 Å². The van der Waals surface area contributed by atoms with Crippen molar-refractivity contribution in [2.45, 2.75) is 13.0 Å². The highest BCUT2D eigenvalue weighted by atomic mass is 15.2. The van der Waals surface area contributed by atoms with Gasteiger partial charge in [0.05, 0.1) is 0 Å². The van der Waals surface area contributed by atoms with Crippen molar-refractivity contribution in [3.05, 3.63) is 29.6 Å². The molecule has 1 aromatic rings. The molecule has 1 fully saturated rings. The van der Waals surface area contributed by atoms with Crippen molar-refractivity contribution in [2.75, 3.05) is 33.2 Å². The van der Waals surface area contributed by atoms with Gasteiger partial charge in [0.2, 0.25) is 0 Å². The highest BCUT2D eigenvalue weighted by Gasteiger charge is 2.12. The van der Waals surface area contributed by atoms with E-state index in [2.05, 4.69) is 21.8 Å². The number of rotatable bonds is 3. The van der Waals surface area contributed by atoms with Gasteiger partial charge < -0.3 is 10.6 Å². The van der Waals surface area contributed by atoms with Crippen molar-refractivity contribution in [3.63, 3.8) is 0 Å². The molecule has 1 aliphatic rings. The van der Waals surface area contributed by atoms with Crippen LogP contribution in [0.15, 0.2) is 18.3 Å². The van der Waals surface area contributed by atoms with E-state index in [-0.39, 0.29) is 5.84 Å². The van der Waals surface area contributed by atoms with Crippen LogP contribution in [0.3, 0.4) is 0 Å². The van der Waals surface area contributed by atoms with Gasteiger partial charge in [-0.2, -0.15) is 0 Å². The SMILES string of the molecule is CN1CCCN(Cc2ccnc(C(=N)N)c2)CC1. The summed E-state index contributed by atoms with van der Waals surface area (Å²) in [5.41, 5.74) is 7.21. The van der Waals surface area contributed by atoms with E-state index in [1.807, 2.05) is 12.1 Å². The largest absolute Gasteiger partial charge is 0.382 e. The normalized spacial score (nSPS) is 18.5. The van der Waals surface area contributed by atoms with Gasteiger partial charge in [-0.15, -0.1) is 0 Å². The second kappa shape index (κ2) is 5.93. The minimum absolute atomic E-state index is 0.0347. The fraction of sp³-hybridized carbons (Fsp3) is 0.538. The van der Waals surface area contributed by atoms with Crippen LogP contribution in [0, 0.1) is 5.41 Å². The van der Waals surface area contributed by atoms with Gasteiger partial charge in [-0.3, -0.25) is 15.3 Å². The number of likely N-dealkylation sites (N-methyl/N-ethyl adjacent to an activating group) is 1. The summed E-state index contributed by atoms with van der Waals surface area (Å²) >= 11 is 0. The average Bonchev–Trinajstić information content (AvgIpc) is 2.55. The lowest BCUT2D eigenvalue weighted by Crippen LogP contribution is -2.28. The van der Waals surface area contributed by atoms with Gasteiger partial charge in [0.25, 0.3) is 0 Å². The molecule has 2 heterocycles. The molecule has 0 amide bonds. The van der Waals surface area contributed by atoms with Crippen LogP contribution < -0.4 is 5.73 Å². The lowest BCUT2D eigenvalue weighted by Gasteiger charge is -2.20. The van der Waals surface area contributed by atoms with Crippen molar-refractivity contribution >= 4 is 5.84 Å². The molecule has 0 radical (unpaired) electrons. The van der Waals surface area contributed by atoms with Crippen molar-refractivity contribution in [1.29, 1.82) is 5.41 Å². The van der Waals surface area contributed by atoms with Crippen molar-refractivity contribution < 1.29 is 0 Å². The quantitative estimate of drug-likeness (QED) is 0.603. The third-order valence-electron chi connectivity index (χ3n) is 3.32. The number of hydrogen-bond donors (Lipinski definition) is 2. The van der Waals surface area contributed by atoms with Crippen molar-refractivity contribution in [2.24, 2.45) is 5.73 Å². The lowest BCUT2D eigenvalue weighted by molar-refractivity contribution is 0.269. The Kier molecular flexibility index (Phi) is 4.28. The summed E-state index contributed by atoms with van der Waals surface area (Å²) in [6.07, 6.45) is 2.94. The number of amidine groups is 1. The third kappa shape index (κ3) is 3.51. The van der Waals surface area contributed by atoms with Crippen LogP contribution >= 0.6 is 0 Å². The van der Waals surface area contributed by atoms with Crippen molar-refractivity contribution in [1.82, 2.24) is 14.8 Å². The molecule has 98 valence electrons. The molecule has 0 spiro atoms. The van der Waals surface area contributed by atoms with E-state index in [0.717, 1.165) is 26.2 Å². The first-order chi connectivity index (χ1) is 8.65. The van der Waals surface area contributed by atoms with Crippen LogP contribution in [0.25, 0.3) is 0 Å². The highest BCUT2D eigenvalue weighted by molar-refractivity contribution is 5.93. The van der Waals surface area contributed by atoms with Gasteiger partial charge in [-0.1, -0.05) is 0 Å². The number of nitrogen functional groups attached to an aromatic ring is 1. The number of nitrogens with two attached hydrogens (primary N) is 1. The summed E-state index contributed by atoms with van der Waals surface area (Å²) < 4.78 is 0. The van der Waals surface area contributed by atoms with Crippen LogP contribution in [0.5, 0.6) is 0 Å². The zero-order chi connectivity index (χ0) is 13.0. The standard InChI is InChI=1S/C13H21N5/c1-17-5-2-6-18(8-7-17)10-11-3-4-16-12(9-11)13(14)15/h3-4,9H,2,5-8,10H2,1H3,(H3,14,15). The van der Waals surface area contributed by atoms with Crippen LogP contribution in [-0.4, -0.2) is 53.8 Å². The monoisotopic (exact) mass is 247 g/mol. The van der Waals surface area contributed by atoms with Gasteiger partial charge >= 0.3 is 0 Å². The number of nitrogens with zero attached hydrogens (tertiary/aromatic N) is 3. The number of pyridine rings is 1. The predicted octanol–water partition coefficient (Wildman–Crippen LogP) is 0.503. The molecule has 1 saturated heterocycles. The first-order valence-electron chi connectivity index (χ1n) is 6.35. The Morgan fingerprint density at radius 2 is 2.22 bits per heavy atom. The molecule has 2 rings (SSSR count). The smallest absolute Gasteiger partial charge is 0.141 e. The molecule has 0 bridgehead atoms. The summed E-state index contributed by atoms with van der Waals surface area (Å²) in [6, 6.07) is 3.91. The highest BCUT2D eigenvalue weighted by Crippen LogP contribution is 2.09. The molecule has 1 aliphatic heterocycles. The van der Waals surface area contributed by atoms with Gasteiger partial charge in [-0.25, -0.2) is 0 Å². The molecule has 0 saturated carbocycles. The fourth-order valence-electron chi connectivity index (χ4n) is 2.24. The molecule has 0 unspecified atom stereocenters. The summed E-state index contributed by atoms with van der Waals surface area (Å²) in [7, 11) is 2.17. The Labute approximate surface area is 108 Å². The maximum absolute atomic E-state index is 7.41. The first-order valence-corrected chi connectivity index (χ1v) is 6.35. The van der Waals surface area contributed by atoms with E-state index >= 15 is 0 Å². The molecule has 0 atom stereocenters. The van der Waals surface area contributed by atoms with E-state index in [4.69, 9.17) is 11.1 Å². The molecule has 18 heavy (non-hydrogen) atoms. The summed E-state index contributed by atoms with van der Waals surface area (Å²) in [5, 5.41) is 7.41. The molecular formula is C13H21N5. The Morgan fingerprint density at radius 3 is 3.00 bits per heavy atom. The van der Waals surface area contributed by atoms with Crippen molar-refractivity contribution in [3.8, 4) is 0 Å². The van der Waals surface area contributed by atoms with Crippen LogP contribution in [0.2, 0.25) is 0 Å². The number of aromatic nitrogens is 1. The maximum atomic E-state index is 7.41. The Balaban J connectivity index is 2.00. The third-order valence-corrected chi connectivity index (χ3v) is 3.32. The lowest BCUT2D eigenvalue weighted by atomic mass is 10.2. The Bertz CT molecular complexity index is 418. The summed E-state index contributed by atoms with van der Waals surface area (Å²) in [5.74, 6) is 0.0347. The molecule has 0 aliphatic carbocycles. The zero-order valence-corrected chi connectivity index (χ0v) is 10.9. The van der Waals surface area contributed by atoms with Crippen LogP contribution in [0.1, 0.15) is 17.7 Å². The first kappa shape index (κ1) is 13.0. The number of hydrogen-bond acceptors (Lipinski definition) is 4. The molecule has 5 heteroatoms. The van der Waals surface area contributed by atoms with E-state index in [0.29, 0.717) is 5.69 Å². The Hall–Kier alpha value is -1.46. The van der Waals surface area contributed by atoms with Gasteiger partial charge in [-0.05, 0) is 44.3 Å². The molecule has 3 N–H and O–H groups in total. The van der Waals surface area contributed by atoms with E-state index < -0.39 is 0 Å².